The Balaban J connectivity index is 1.81. The lowest BCUT2D eigenvalue weighted by Gasteiger charge is -2.27. The number of nitrogens with two attached hydrogens (primary N) is 1. The SMILES string of the molecule is CC(C)OC(=O)[C@@H](C)NP(=O)(OC[C@H]1OC(n2cc(Br)c(N)nc2=O)[C@](C)(O)[C@@H]1O)Oc1ccccc1. The van der Waals surface area contributed by atoms with Crippen LogP contribution in [0.4, 0.5) is 5.82 Å². The molecule has 2 heterocycles. The number of nitrogen functional groups attached to an aromatic ring is 1. The van der Waals surface area contributed by atoms with Crippen LogP contribution in [0.1, 0.15) is 33.9 Å². The highest BCUT2D eigenvalue weighted by Crippen LogP contribution is 2.47. The van der Waals surface area contributed by atoms with Gasteiger partial charge in [0.05, 0.1) is 17.2 Å². The number of para-hydroxylation sites is 1. The highest BCUT2D eigenvalue weighted by Gasteiger charge is 2.54. The van der Waals surface area contributed by atoms with Gasteiger partial charge in [-0.15, -0.1) is 0 Å². The summed E-state index contributed by atoms with van der Waals surface area (Å²) in [5.74, 6) is -0.559. The number of aliphatic hydroxyl groups is 2. The standard InChI is InChI=1S/C22H30BrN4O9P/c1-12(2)34-19(29)13(3)26-37(32,36-14-8-6-5-7-9-14)33-11-16-17(28)22(4,31)20(35-16)27-10-15(23)18(24)25-21(27)30/h5-10,12-13,16-17,20,28,31H,11H2,1-4H3,(H,26,32)(H2,24,25,30)/t13-,16-,17-,20?,22-,37?/m1/s1. The normalized spacial score (nSPS) is 26.0. The molecule has 1 aliphatic heterocycles. The number of aliphatic hydroxyl groups excluding tert-OH is 1. The van der Waals surface area contributed by atoms with Crippen molar-refractivity contribution in [2.75, 3.05) is 12.3 Å². The van der Waals surface area contributed by atoms with E-state index < -0.39 is 62.2 Å². The first-order chi connectivity index (χ1) is 17.2. The van der Waals surface area contributed by atoms with Crippen LogP contribution in [0.25, 0.3) is 0 Å². The van der Waals surface area contributed by atoms with Gasteiger partial charge in [0.15, 0.2) is 6.23 Å². The molecule has 0 saturated carbocycles. The summed E-state index contributed by atoms with van der Waals surface area (Å²) in [7, 11) is -4.26. The molecule has 1 aliphatic rings. The van der Waals surface area contributed by atoms with Crippen LogP contribution in [-0.2, 0) is 23.4 Å². The van der Waals surface area contributed by atoms with Crippen molar-refractivity contribution in [3.63, 3.8) is 0 Å². The molecule has 13 nitrogen and oxygen atoms in total. The van der Waals surface area contributed by atoms with Gasteiger partial charge in [-0.2, -0.15) is 10.1 Å². The fourth-order valence-corrected chi connectivity index (χ4v) is 5.32. The van der Waals surface area contributed by atoms with Crippen molar-refractivity contribution in [1.82, 2.24) is 14.6 Å². The second-order valence-electron chi connectivity index (χ2n) is 8.90. The van der Waals surface area contributed by atoms with Crippen LogP contribution in [0.5, 0.6) is 5.75 Å². The predicted molar refractivity (Wildman–Crippen MR) is 136 cm³/mol. The lowest BCUT2D eigenvalue weighted by molar-refractivity contribution is -0.149. The third-order valence-electron chi connectivity index (χ3n) is 5.38. The molecule has 0 bridgehead atoms. The quantitative estimate of drug-likeness (QED) is 0.228. The Bertz CT molecular complexity index is 1210. The topological polar surface area (TPSA) is 184 Å². The zero-order valence-corrected chi connectivity index (χ0v) is 23.1. The Kier molecular flexibility index (Phi) is 9.17. The number of carbonyl (C=O) groups is 1. The maximum atomic E-state index is 13.6. The Hall–Kier alpha value is -2.32. The van der Waals surface area contributed by atoms with E-state index in [-0.39, 0.29) is 16.0 Å². The molecule has 1 aromatic carbocycles. The predicted octanol–water partition coefficient (Wildman–Crippen LogP) is 1.73. The number of halogens is 1. The summed E-state index contributed by atoms with van der Waals surface area (Å²) in [4.78, 5) is 28.3. The third kappa shape index (κ3) is 6.96. The lowest BCUT2D eigenvalue weighted by atomic mass is 9.96. The number of nitrogens with zero attached hydrogens (tertiary/aromatic N) is 2. The summed E-state index contributed by atoms with van der Waals surface area (Å²) in [5, 5.41) is 24.2. The van der Waals surface area contributed by atoms with Crippen LogP contribution >= 0.6 is 23.7 Å². The summed E-state index contributed by atoms with van der Waals surface area (Å²) in [6.07, 6.45) is -3.34. The fraction of sp³-hybridized carbons (Fsp3) is 0.500. The molecule has 3 rings (SSSR count). The number of anilines is 1. The number of rotatable bonds is 10. The number of hydrogen-bond donors (Lipinski definition) is 4. The average Bonchev–Trinajstić information content (AvgIpc) is 3.03. The molecule has 15 heteroatoms. The number of benzene rings is 1. The second kappa shape index (κ2) is 11.6. The molecule has 0 spiro atoms. The first kappa shape index (κ1) is 29.2. The van der Waals surface area contributed by atoms with Gasteiger partial charge in [-0.1, -0.05) is 18.2 Å². The summed E-state index contributed by atoms with van der Waals surface area (Å²) in [5.41, 5.74) is 2.83. The smallest absolute Gasteiger partial charge is 0.459 e. The highest BCUT2D eigenvalue weighted by atomic mass is 79.9. The van der Waals surface area contributed by atoms with Crippen molar-refractivity contribution in [3.05, 3.63) is 51.5 Å². The number of ether oxygens (including phenoxy) is 2. The zero-order chi connectivity index (χ0) is 27.5. The molecule has 6 atom stereocenters. The Morgan fingerprint density at radius 3 is 2.62 bits per heavy atom. The largest absolute Gasteiger partial charge is 0.462 e. The molecule has 1 fully saturated rings. The van der Waals surface area contributed by atoms with Crippen LogP contribution in [0.2, 0.25) is 0 Å². The van der Waals surface area contributed by atoms with E-state index in [1.807, 2.05) is 0 Å². The maximum Gasteiger partial charge on any atom is 0.459 e. The third-order valence-corrected chi connectivity index (χ3v) is 7.63. The number of carbonyl (C=O) groups excluding carboxylic acids is 1. The molecule has 204 valence electrons. The minimum absolute atomic E-state index is 0.0606. The van der Waals surface area contributed by atoms with Crippen LogP contribution < -0.4 is 21.0 Å². The average molecular weight is 605 g/mol. The van der Waals surface area contributed by atoms with Gasteiger partial charge in [0.2, 0.25) is 0 Å². The van der Waals surface area contributed by atoms with E-state index in [4.69, 9.17) is 24.3 Å². The number of esters is 1. The van der Waals surface area contributed by atoms with E-state index in [1.54, 1.807) is 32.0 Å². The molecule has 1 aromatic heterocycles. The first-order valence-corrected chi connectivity index (χ1v) is 13.6. The van der Waals surface area contributed by atoms with E-state index in [2.05, 4.69) is 26.0 Å². The van der Waals surface area contributed by atoms with E-state index in [0.717, 1.165) is 4.57 Å². The molecule has 0 radical (unpaired) electrons. The van der Waals surface area contributed by atoms with Crippen molar-refractivity contribution >= 4 is 35.5 Å². The lowest BCUT2D eigenvalue weighted by Crippen LogP contribution is -2.46. The molecule has 5 N–H and O–H groups in total. The van der Waals surface area contributed by atoms with E-state index >= 15 is 0 Å². The van der Waals surface area contributed by atoms with Crippen LogP contribution in [0.15, 0.2) is 45.8 Å². The minimum atomic E-state index is -4.26. The highest BCUT2D eigenvalue weighted by molar-refractivity contribution is 9.10. The summed E-state index contributed by atoms with van der Waals surface area (Å²) < 4.78 is 36.9. The molecule has 2 unspecified atom stereocenters. The van der Waals surface area contributed by atoms with E-state index in [9.17, 15) is 24.4 Å². The molecule has 0 aliphatic carbocycles. The van der Waals surface area contributed by atoms with E-state index in [0.29, 0.717) is 0 Å². The monoisotopic (exact) mass is 604 g/mol. The van der Waals surface area contributed by atoms with Crippen LogP contribution in [-0.4, -0.2) is 62.3 Å². The van der Waals surface area contributed by atoms with Gasteiger partial charge in [0.25, 0.3) is 0 Å². The first-order valence-electron chi connectivity index (χ1n) is 11.3. The number of hydrogen-bond acceptors (Lipinski definition) is 11. The molecule has 1 saturated heterocycles. The van der Waals surface area contributed by atoms with Gasteiger partial charge in [-0.3, -0.25) is 13.9 Å². The van der Waals surface area contributed by atoms with E-state index in [1.165, 1.54) is 32.2 Å². The number of aromatic nitrogens is 2. The van der Waals surface area contributed by atoms with Gasteiger partial charge >= 0.3 is 19.4 Å². The van der Waals surface area contributed by atoms with Crippen molar-refractivity contribution in [1.29, 1.82) is 0 Å². The van der Waals surface area contributed by atoms with Crippen molar-refractivity contribution in [2.45, 2.75) is 63.9 Å². The maximum absolute atomic E-state index is 13.6. The molecule has 0 amide bonds. The molecular formula is C22H30BrN4O9P. The zero-order valence-electron chi connectivity index (χ0n) is 20.6. The Labute approximate surface area is 221 Å². The van der Waals surface area contributed by atoms with Crippen molar-refractivity contribution in [2.24, 2.45) is 0 Å². The minimum Gasteiger partial charge on any atom is -0.462 e. The van der Waals surface area contributed by atoms with Gasteiger partial charge in [-0.25, -0.2) is 9.36 Å². The van der Waals surface area contributed by atoms with Gasteiger partial charge in [-0.05, 0) is 55.8 Å². The van der Waals surface area contributed by atoms with Gasteiger partial charge < -0.3 is 29.9 Å². The molecular weight excluding hydrogens is 575 g/mol. The Morgan fingerprint density at radius 1 is 1.35 bits per heavy atom. The second-order valence-corrected chi connectivity index (χ2v) is 11.4. The van der Waals surface area contributed by atoms with Gasteiger partial charge in [0.1, 0.15) is 35.4 Å². The van der Waals surface area contributed by atoms with Crippen molar-refractivity contribution < 1.29 is 38.1 Å². The summed E-state index contributed by atoms with van der Waals surface area (Å²) >= 11 is 3.16. The summed E-state index contributed by atoms with van der Waals surface area (Å²) in [6, 6.07) is 7.02. The van der Waals surface area contributed by atoms with Crippen LogP contribution in [0.3, 0.4) is 0 Å². The van der Waals surface area contributed by atoms with Crippen molar-refractivity contribution in [3.8, 4) is 5.75 Å². The van der Waals surface area contributed by atoms with Gasteiger partial charge in [0, 0.05) is 6.20 Å². The number of nitrogens with one attached hydrogen (secondary N) is 1. The Morgan fingerprint density at radius 2 is 2.00 bits per heavy atom. The summed E-state index contributed by atoms with van der Waals surface area (Å²) in [6.45, 7) is 5.48. The molecule has 2 aromatic rings. The van der Waals surface area contributed by atoms with Crippen LogP contribution in [0, 0.1) is 0 Å². The molecule has 37 heavy (non-hydrogen) atoms. The fourth-order valence-electron chi connectivity index (χ4n) is 3.51.